The average Bonchev–Trinajstić information content (AvgIpc) is 2.81. The fraction of sp³-hybridized carbons (Fsp3) is 1.00. The molecule has 2 N–H and O–H groups in total. The molecule has 3 rings (SSSR count). The molecule has 4 atom stereocenters. The van der Waals surface area contributed by atoms with Crippen LogP contribution in [-0.4, -0.2) is 42.8 Å². The van der Waals surface area contributed by atoms with Crippen LogP contribution in [0.1, 0.15) is 19.3 Å². The second-order valence-electron chi connectivity index (χ2n) is 4.68. The van der Waals surface area contributed by atoms with Gasteiger partial charge in [0.05, 0.1) is 6.61 Å². The van der Waals surface area contributed by atoms with Crippen molar-refractivity contribution in [3.63, 3.8) is 0 Å². The van der Waals surface area contributed by atoms with Crippen molar-refractivity contribution in [2.75, 3.05) is 19.8 Å². The second-order valence-corrected chi connectivity index (χ2v) is 4.68. The maximum Gasteiger partial charge on any atom is 0.0632 e. The van der Waals surface area contributed by atoms with Gasteiger partial charge in [0.1, 0.15) is 0 Å². The Labute approximate surface area is 79.2 Å². The van der Waals surface area contributed by atoms with E-state index < -0.39 is 0 Å². The van der Waals surface area contributed by atoms with Gasteiger partial charge in [-0.25, -0.2) is 0 Å². The summed E-state index contributed by atoms with van der Waals surface area (Å²) >= 11 is 0. The Morgan fingerprint density at radius 2 is 2.15 bits per heavy atom. The molecule has 1 saturated carbocycles. The lowest BCUT2D eigenvalue weighted by Gasteiger charge is -2.36. The predicted octanol–water partition coefficient (Wildman–Crippen LogP) is 0.197. The molecule has 0 aromatic heterocycles. The summed E-state index contributed by atoms with van der Waals surface area (Å²) in [5.41, 5.74) is 6.07. The van der Waals surface area contributed by atoms with E-state index in [9.17, 15) is 0 Å². The van der Waals surface area contributed by atoms with Crippen molar-refractivity contribution < 1.29 is 4.74 Å². The van der Waals surface area contributed by atoms with Gasteiger partial charge in [0.25, 0.3) is 0 Å². The monoisotopic (exact) mass is 182 g/mol. The van der Waals surface area contributed by atoms with E-state index in [2.05, 4.69) is 4.90 Å². The molecule has 3 aliphatic rings. The minimum atomic E-state index is 0.257. The van der Waals surface area contributed by atoms with Crippen LogP contribution in [0.25, 0.3) is 0 Å². The predicted molar refractivity (Wildman–Crippen MR) is 50.4 cm³/mol. The summed E-state index contributed by atoms with van der Waals surface area (Å²) in [6, 6.07) is 1.77. The highest BCUT2D eigenvalue weighted by Gasteiger charge is 2.50. The molecule has 3 nitrogen and oxygen atoms in total. The van der Waals surface area contributed by atoms with E-state index >= 15 is 0 Å². The molecule has 2 saturated heterocycles. The van der Waals surface area contributed by atoms with Gasteiger partial charge in [-0.15, -0.1) is 0 Å². The normalized spacial score (nSPS) is 50.5. The smallest absolute Gasteiger partial charge is 0.0632 e. The van der Waals surface area contributed by atoms with Crippen molar-refractivity contribution in [2.24, 2.45) is 11.7 Å². The minimum Gasteiger partial charge on any atom is -0.380 e. The number of nitrogens with two attached hydrogens (primary N) is 1. The summed E-state index contributed by atoms with van der Waals surface area (Å²) in [4.78, 5) is 2.65. The highest BCUT2D eigenvalue weighted by atomic mass is 16.5. The standard InChI is InChI=1S/C10H18N2O/c11-8-6-13-4-2-9(8)12-3-1-7-5-10(7)12/h7-10H,1-6,11H2/t7-,8?,9?,10-/m1/s1. The van der Waals surface area contributed by atoms with Crippen molar-refractivity contribution >= 4 is 0 Å². The van der Waals surface area contributed by atoms with Crippen LogP contribution in [0.5, 0.6) is 0 Å². The fourth-order valence-electron chi connectivity index (χ4n) is 3.00. The van der Waals surface area contributed by atoms with Crippen LogP contribution >= 0.6 is 0 Å². The van der Waals surface area contributed by atoms with Crippen LogP contribution < -0.4 is 5.73 Å². The summed E-state index contributed by atoms with van der Waals surface area (Å²) in [5, 5.41) is 0. The lowest BCUT2D eigenvalue weighted by Crippen LogP contribution is -2.53. The van der Waals surface area contributed by atoms with Gasteiger partial charge < -0.3 is 10.5 Å². The number of ether oxygens (including phenoxy) is 1. The first-order chi connectivity index (χ1) is 6.36. The van der Waals surface area contributed by atoms with E-state index in [4.69, 9.17) is 10.5 Å². The molecule has 2 unspecified atom stereocenters. The van der Waals surface area contributed by atoms with E-state index in [1.807, 2.05) is 0 Å². The first kappa shape index (κ1) is 8.21. The molecule has 0 bridgehead atoms. The third-order valence-electron chi connectivity index (χ3n) is 3.86. The highest BCUT2D eigenvalue weighted by Crippen LogP contribution is 2.46. The SMILES string of the molecule is NC1COCCC1N1CC[C@@H]2C[C@H]21. The summed E-state index contributed by atoms with van der Waals surface area (Å²) in [6.07, 6.45) is 3.99. The third kappa shape index (κ3) is 1.30. The molecule has 1 aliphatic carbocycles. The average molecular weight is 182 g/mol. The molecular formula is C10H18N2O. The number of piperidine rings is 1. The van der Waals surface area contributed by atoms with E-state index in [-0.39, 0.29) is 6.04 Å². The first-order valence-corrected chi connectivity index (χ1v) is 5.45. The lowest BCUT2D eigenvalue weighted by molar-refractivity contribution is 0.0201. The molecule has 2 aliphatic heterocycles. The van der Waals surface area contributed by atoms with Crippen molar-refractivity contribution in [1.82, 2.24) is 4.90 Å². The van der Waals surface area contributed by atoms with Crippen LogP contribution in [0.4, 0.5) is 0 Å². The Morgan fingerprint density at radius 3 is 2.77 bits per heavy atom. The zero-order valence-electron chi connectivity index (χ0n) is 7.98. The summed E-state index contributed by atoms with van der Waals surface area (Å²) in [6.45, 7) is 2.96. The largest absolute Gasteiger partial charge is 0.380 e. The van der Waals surface area contributed by atoms with E-state index in [0.717, 1.165) is 31.6 Å². The van der Waals surface area contributed by atoms with Crippen LogP contribution in [-0.2, 0) is 4.74 Å². The highest BCUT2D eigenvalue weighted by molar-refractivity contribution is 5.05. The fourth-order valence-corrected chi connectivity index (χ4v) is 3.00. The molecule has 3 heteroatoms. The van der Waals surface area contributed by atoms with Gasteiger partial charge in [0.15, 0.2) is 0 Å². The van der Waals surface area contributed by atoms with Gasteiger partial charge in [-0.05, 0) is 31.7 Å². The number of likely N-dealkylation sites (tertiary alicyclic amines) is 1. The van der Waals surface area contributed by atoms with Gasteiger partial charge >= 0.3 is 0 Å². The third-order valence-corrected chi connectivity index (χ3v) is 3.86. The summed E-state index contributed by atoms with van der Waals surface area (Å²) < 4.78 is 5.37. The number of fused-ring (bicyclic) bond motifs is 1. The van der Waals surface area contributed by atoms with Gasteiger partial charge in [0, 0.05) is 24.7 Å². The quantitative estimate of drug-likeness (QED) is 0.629. The topological polar surface area (TPSA) is 38.5 Å². The Kier molecular flexibility index (Phi) is 1.86. The Morgan fingerprint density at radius 1 is 1.23 bits per heavy atom. The molecule has 0 spiro atoms. The van der Waals surface area contributed by atoms with Crippen LogP contribution in [0, 0.1) is 5.92 Å². The Hall–Kier alpha value is -0.120. The Balaban J connectivity index is 1.68. The summed E-state index contributed by atoms with van der Waals surface area (Å²) in [7, 11) is 0. The van der Waals surface area contributed by atoms with E-state index in [1.54, 1.807) is 0 Å². The van der Waals surface area contributed by atoms with Gasteiger partial charge in [-0.2, -0.15) is 0 Å². The van der Waals surface area contributed by atoms with E-state index in [1.165, 1.54) is 19.4 Å². The van der Waals surface area contributed by atoms with Crippen molar-refractivity contribution in [3.05, 3.63) is 0 Å². The molecule has 2 heterocycles. The van der Waals surface area contributed by atoms with Crippen molar-refractivity contribution in [1.29, 1.82) is 0 Å². The molecule has 13 heavy (non-hydrogen) atoms. The minimum absolute atomic E-state index is 0.257. The van der Waals surface area contributed by atoms with Gasteiger partial charge in [-0.3, -0.25) is 4.90 Å². The molecule has 0 radical (unpaired) electrons. The van der Waals surface area contributed by atoms with Crippen molar-refractivity contribution in [2.45, 2.75) is 37.4 Å². The molecule has 0 aromatic carbocycles. The van der Waals surface area contributed by atoms with Gasteiger partial charge in [0.2, 0.25) is 0 Å². The van der Waals surface area contributed by atoms with Crippen LogP contribution in [0.2, 0.25) is 0 Å². The lowest BCUT2D eigenvalue weighted by atomic mass is 10.0. The maximum atomic E-state index is 6.07. The molecule has 74 valence electrons. The maximum absolute atomic E-state index is 6.07. The molecular weight excluding hydrogens is 164 g/mol. The molecule has 3 fully saturated rings. The zero-order valence-corrected chi connectivity index (χ0v) is 7.98. The van der Waals surface area contributed by atoms with Crippen LogP contribution in [0.15, 0.2) is 0 Å². The second kappa shape index (κ2) is 2.94. The Bertz CT molecular complexity index is 209. The van der Waals surface area contributed by atoms with Crippen molar-refractivity contribution in [3.8, 4) is 0 Å². The number of rotatable bonds is 1. The number of hydrogen-bond acceptors (Lipinski definition) is 3. The van der Waals surface area contributed by atoms with E-state index in [0.29, 0.717) is 6.04 Å². The van der Waals surface area contributed by atoms with Gasteiger partial charge in [-0.1, -0.05) is 0 Å². The first-order valence-electron chi connectivity index (χ1n) is 5.45. The van der Waals surface area contributed by atoms with Crippen LogP contribution in [0.3, 0.4) is 0 Å². The number of nitrogens with zero attached hydrogens (tertiary/aromatic N) is 1. The number of hydrogen-bond donors (Lipinski definition) is 1. The molecule has 0 aromatic rings. The summed E-state index contributed by atoms with van der Waals surface area (Å²) in [5.74, 6) is 1.02. The zero-order chi connectivity index (χ0) is 8.84. The molecule has 0 amide bonds.